The molecule has 0 aliphatic carbocycles. The van der Waals surface area contributed by atoms with Crippen molar-refractivity contribution in [1.29, 1.82) is 0 Å². The van der Waals surface area contributed by atoms with Gasteiger partial charge in [0.2, 0.25) is 0 Å². The molecule has 1 atom stereocenters. The number of pyridine rings is 1. The fourth-order valence-electron chi connectivity index (χ4n) is 2.69. The summed E-state index contributed by atoms with van der Waals surface area (Å²) in [5.41, 5.74) is -0.711. The van der Waals surface area contributed by atoms with Gasteiger partial charge in [0.1, 0.15) is 5.82 Å². The van der Waals surface area contributed by atoms with Crippen LogP contribution in [-0.2, 0) is 12.7 Å². The van der Waals surface area contributed by atoms with E-state index >= 15 is 0 Å². The highest BCUT2D eigenvalue weighted by molar-refractivity contribution is 5.42. The lowest BCUT2D eigenvalue weighted by Crippen LogP contribution is -2.33. The lowest BCUT2D eigenvalue weighted by atomic mass is 10.2. The monoisotopic (exact) mass is 296 g/mol. The van der Waals surface area contributed by atoms with Gasteiger partial charge in [0.25, 0.3) is 0 Å². The predicted molar refractivity (Wildman–Crippen MR) is 71.8 cm³/mol. The van der Waals surface area contributed by atoms with Gasteiger partial charge in [-0.1, -0.05) is 0 Å². The van der Waals surface area contributed by atoms with Crippen molar-refractivity contribution >= 4 is 5.82 Å². The maximum atomic E-state index is 12.6. The Labute approximate surface area is 120 Å². The second-order valence-electron chi connectivity index (χ2n) is 5.15. The number of rotatable bonds is 3. The van der Waals surface area contributed by atoms with Crippen molar-refractivity contribution in [1.82, 2.24) is 14.5 Å². The zero-order valence-electron chi connectivity index (χ0n) is 11.3. The molecular formula is C14H15F3N4. The van der Waals surface area contributed by atoms with Crippen LogP contribution in [0.15, 0.2) is 37.1 Å². The second kappa shape index (κ2) is 5.38. The molecule has 1 aliphatic rings. The van der Waals surface area contributed by atoms with Crippen molar-refractivity contribution in [2.45, 2.75) is 31.6 Å². The van der Waals surface area contributed by atoms with E-state index in [2.05, 4.69) is 14.9 Å². The van der Waals surface area contributed by atoms with Gasteiger partial charge in [-0.05, 0) is 25.0 Å². The van der Waals surface area contributed by atoms with Gasteiger partial charge in [-0.25, -0.2) is 9.97 Å². The van der Waals surface area contributed by atoms with E-state index in [9.17, 15) is 13.2 Å². The van der Waals surface area contributed by atoms with Crippen LogP contribution in [0.5, 0.6) is 0 Å². The van der Waals surface area contributed by atoms with Gasteiger partial charge >= 0.3 is 6.18 Å². The molecule has 1 saturated heterocycles. The molecule has 1 aliphatic heterocycles. The van der Waals surface area contributed by atoms with E-state index in [0.717, 1.165) is 38.2 Å². The van der Waals surface area contributed by atoms with Gasteiger partial charge < -0.3 is 9.47 Å². The number of imidazole rings is 1. The van der Waals surface area contributed by atoms with Crippen molar-refractivity contribution in [3.8, 4) is 0 Å². The quantitative estimate of drug-likeness (QED) is 0.873. The Kier molecular flexibility index (Phi) is 3.57. The first-order valence-electron chi connectivity index (χ1n) is 6.79. The molecule has 0 radical (unpaired) electrons. The average Bonchev–Trinajstić information content (AvgIpc) is 3.10. The van der Waals surface area contributed by atoms with Gasteiger partial charge in [0, 0.05) is 37.7 Å². The van der Waals surface area contributed by atoms with E-state index < -0.39 is 11.7 Å². The smallest absolute Gasteiger partial charge is 0.352 e. The van der Waals surface area contributed by atoms with Gasteiger partial charge in [0.05, 0.1) is 11.9 Å². The summed E-state index contributed by atoms with van der Waals surface area (Å²) in [5, 5.41) is 0. The first kappa shape index (κ1) is 13.9. The molecule has 3 rings (SSSR count). The molecule has 1 unspecified atom stereocenters. The summed E-state index contributed by atoms with van der Waals surface area (Å²) in [5.74, 6) is 0.602. The van der Waals surface area contributed by atoms with Crippen LogP contribution in [-0.4, -0.2) is 27.1 Å². The third kappa shape index (κ3) is 3.01. The van der Waals surface area contributed by atoms with Crippen LogP contribution in [0.1, 0.15) is 18.4 Å². The Balaban J connectivity index is 1.75. The zero-order chi connectivity index (χ0) is 14.9. The lowest BCUT2D eigenvalue weighted by Gasteiger charge is -2.26. The second-order valence-corrected chi connectivity index (χ2v) is 5.15. The Morgan fingerprint density at radius 3 is 2.76 bits per heavy atom. The average molecular weight is 296 g/mol. The van der Waals surface area contributed by atoms with Crippen LogP contribution in [0.3, 0.4) is 0 Å². The Hall–Kier alpha value is -2.05. The van der Waals surface area contributed by atoms with Gasteiger partial charge in [0.15, 0.2) is 0 Å². The summed E-state index contributed by atoms with van der Waals surface area (Å²) in [6, 6.07) is 2.78. The SMILES string of the molecule is FC(F)(F)c1ccc(N2CCCC2Cn2ccnc2)nc1. The Morgan fingerprint density at radius 1 is 1.29 bits per heavy atom. The predicted octanol–water partition coefficient (Wildman–Crippen LogP) is 2.97. The molecule has 112 valence electrons. The summed E-state index contributed by atoms with van der Waals surface area (Å²) < 4.78 is 39.7. The van der Waals surface area contributed by atoms with Crippen molar-refractivity contribution in [2.75, 3.05) is 11.4 Å². The normalized spacial score (nSPS) is 19.2. The van der Waals surface area contributed by atoms with Crippen LogP contribution in [0.2, 0.25) is 0 Å². The maximum Gasteiger partial charge on any atom is 0.417 e. The third-order valence-corrected chi connectivity index (χ3v) is 3.73. The molecule has 2 aromatic heterocycles. The first-order valence-corrected chi connectivity index (χ1v) is 6.79. The van der Waals surface area contributed by atoms with Crippen LogP contribution in [0.4, 0.5) is 19.0 Å². The Morgan fingerprint density at radius 2 is 2.14 bits per heavy atom. The Bertz CT molecular complexity index is 577. The molecular weight excluding hydrogens is 281 g/mol. The minimum atomic E-state index is -4.34. The molecule has 21 heavy (non-hydrogen) atoms. The number of halogens is 3. The minimum Gasteiger partial charge on any atom is -0.352 e. The maximum absolute atomic E-state index is 12.6. The number of hydrogen-bond donors (Lipinski definition) is 0. The highest BCUT2D eigenvalue weighted by Gasteiger charge is 2.32. The highest BCUT2D eigenvalue weighted by Crippen LogP contribution is 2.31. The van der Waals surface area contributed by atoms with E-state index in [-0.39, 0.29) is 6.04 Å². The third-order valence-electron chi connectivity index (χ3n) is 3.73. The standard InChI is InChI=1S/C14H15F3N4/c15-14(16,17)11-3-4-13(19-8-11)21-6-1-2-12(21)9-20-7-5-18-10-20/h3-5,7-8,10,12H,1-2,6,9H2. The molecule has 0 N–H and O–H groups in total. The van der Waals surface area contributed by atoms with E-state index in [1.807, 2.05) is 10.8 Å². The summed E-state index contributed by atoms with van der Waals surface area (Å²) in [6.07, 6.45) is 3.93. The number of aromatic nitrogens is 3. The summed E-state index contributed by atoms with van der Waals surface area (Å²) in [4.78, 5) is 10.1. The van der Waals surface area contributed by atoms with Crippen LogP contribution in [0.25, 0.3) is 0 Å². The number of alkyl halides is 3. The molecule has 0 saturated carbocycles. The van der Waals surface area contributed by atoms with E-state index in [4.69, 9.17) is 0 Å². The molecule has 4 nitrogen and oxygen atoms in total. The zero-order valence-corrected chi connectivity index (χ0v) is 11.3. The highest BCUT2D eigenvalue weighted by atomic mass is 19.4. The molecule has 3 heterocycles. The number of anilines is 1. The first-order chi connectivity index (χ1) is 10.0. The molecule has 2 aromatic rings. The topological polar surface area (TPSA) is 34.0 Å². The van der Waals surface area contributed by atoms with E-state index in [0.29, 0.717) is 5.82 Å². The number of nitrogens with zero attached hydrogens (tertiary/aromatic N) is 4. The summed E-state index contributed by atoms with van der Waals surface area (Å²) >= 11 is 0. The van der Waals surface area contributed by atoms with Crippen LogP contribution < -0.4 is 4.90 Å². The molecule has 7 heteroatoms. The van der Waals surface area contributed by atoms with Gasteiger partial charge in [-0.2, -0.15) is 13.2 Å². The van der Waals surface area contributed by atoms with Crippen LogP contribution in [0, 0.1) is 0 Å². The number of hydrogen-bond acceptors (Lipinski definition) is 3. The van der Waals surface area contributed by atoms with E-state index in [1.165, 1.54) is 6.07 Å². The van der Waals surface area contributed by atoms with Crippen molar-refractivity contribution < 1.29 is 13.2 Å². The lowest BCUT2D eigenvalue weighted by molar-refractivity contribution is -0.137. The largest absolute Gasteiger partial charge is 0.417 e. The summed E-state index contributed by atoms with van der Waals surface area (Å²) in [7, 11) is 0. The van der Waals surface area contributed by atoms with Crippen molar-refractivity contribution in [3.05, 3.63) is 42.6 Å². The van der Waals surface area contributed by atoms with E-state index in [1.54, 1.807) is 12.5 Å². The van der Waals surface area contributed by atoms with Crippen molar-refractivity contribution in [3.63, 3.8) is 0 Å². The van der Waals surface area contributed by atoms with Gasteiger partial charge in [-0.3, -0.25) is 0 Å². The molecule has 1 fully saturated rings. The molecule has 0 bridgehead atoms. The van der Waals surface area contributed by atoms with Crippen molar-refractivity contribution in [2.24, 2.45) is 0 Å². The summed E-state index contributed by atoms with van der Waals surface area (Å²) in [6.45, 7) is 1.58. The fraction of sp³-hybridized carbons (Fsp3) is 0.429. The van der Waals surface area contributed by atoms with Crippen LogP contribution >= 0.6 is 0 Å². The molecule has 0 amide bonds. The fourth-order valence-corrected chi connectivity index (χ4v) is 2.69. The molecule has 0 spiro atoms. The minimum absolute atomic E-state index is 0.239. The van der Waals surface area contributed by atoms with Gasteiger partial charge in [-0.15, -0.1) is 0 Å². The molecule has 0 aromatic carbocycles.